The van der Waals surface area contributed by atoms with Crippen LogP contribution in [0, 0.1) is 0 Å². The first-order valence-electron chi connectivity index (χ1n) is 9.39. The summed E-state index contributed by atoms with van der Waals surface area (Å²) in [6, 6.07) is 8.17. The molecule has 1 aliphatic heterocycles. The van der Waals surface area contributed by atoms with E-state index in [9.17, 15) is 4.79 Å². The number of benzene rings is 1. The molecule has 5 nitrogen and oxygen atoms in total. The number of nitrogens with zero attached hydrogens (tertiary/aromatic N) is 2. The van der Waals surface area contributed by atoms with Crippen LogP contribution in [-0.4, -0.2) is 42.1 Å². The minimum Gasteiger partial charge on any atom is -0.372 e. The lowest BCUT2D eigenvalue weighted by Crippen LogP contribution is -2.47. The van der Waals surface area contributed by atoms with Crippen LogP contribution in [0.1, 0.15) is 46.2 Å². The lowest BCUT2D eigenvalue weighted by molar-refractivity contribution is -0.127. The smallest absolute Gasteiger partial charge is 0.253 e. The van der Waals surface area contributed by atoms with Crippen molar-refractivity contribution in [2.24, 2.45) is 0 Å². The van der Waals surface area contributed by atoms with Crippen molar-refractivity contribution >= 4 is 28.9 Å². The van der Waals surface area contributed by atoms with E-state index in [4.69, 9.17) is 12.2 Å². The molecule has 6 heteroatoms. The summed E-state index contributed by atoms with van der Waals surface area (Å²) < 4.78 is 0. The molecule has 1 aromatic carbocycles. The van der Waals surface area contributed by atoms with Crippen molar-refractivity contribution < 1.29 is 4.79 Å². The molecular weight excluding hydrogens is 344 g/mol. The first-order chi connectivity index (χ1) is 12.5. The van der Waals surface area contributed by atoms with Gasteiger partial charge >= 0.3 is 0 Å². The number of likely N-dealkylation sites (N-methyl/N-ethyl adjacent to an activating group) is 1. The molecule has 0 saturated heterocycles. The van der Waals surface area contributed by atoms with E-state index >= 15 is 0 Å². The summed E-state index contributed by atoms with van der Waals surface area (Å²) in [5.74, 6) is 0.0489. The molecule has 0 aromatic heterocycles. The number of allylic oxidation sites excluding steroid dienone is 1. The highest BCUT2D eigenvalue weighted by atomic mass is 32.1. The topological polar surface area (TPSA) is 47.6 Å². The maximum atomic E-state index is 13.1. The molecule has 142 valence electrons. The average molecular weight is 375 g/mol. The van der Waals surface area contributed by atoms with E-state index in [0.717, 1.165) is 29.9 Å². The maximum Gasteiger partial charge on any atom is 0.253 e. The van der Waals surface area contributed by atoms with Crippen LogP contribution < -0.4 is 15.5 Å². The van der Waals surface area contributed by atoms with E-state index < -0.39 is 0 Å². The van der Waals surface area contributed by atoms with Crippen molar-refractivity contribution in [3.63, 3.8) is 0 Å². The lowest BCUT2D eigenvalue weighted by atomic mass is 9.94. The van der Waals surface area contributed by atoms with Crippen molar-refractivity contribution in [1.82, 2.24) is 15.5 Å². The zero-order valence-corrected chi connectivity index (χ0v) is 17.2. The molecule has 1 aromatic rings. The van der Waals surface area contributed by atoms with Crippen LogP contribution in [0.15, 0.2) is 35.5 Å². The van der Waals surface area contributed by atoms with Crippen molar-refractivity contribution in [3.05, 3.63) is 41.1 Å². The average Bonchev–Trinajstić information content (AvgIpc) is 2.63. The number of anilines is 1. The molecule has 26 heavy (non-hydrogen) atoms. The molecule has 1 atom stereocenters. The standard InChI is InChI=1S/C20H30N4OS/c1-6-23(7-2)16-12-10-15(11-13-16)18-17(14(5)21-20(26)22-18)19(25)24(8-3)9-4/h10-13,18H,6-9H2,1-5H3,(H2,21,22,26)/t18-/m0/s1. The van der Waals surface area contributed by atoms with Gasteiger partial charge in [0.1, 0.15) is 0 Å². The van der Waals surface area contributed by atoms with E-state index in [0.29, 0.717) is 18.2 Å². The van der Waals surface area contributed by atoms with Crippen LogP contribution in [0.3, 0.4) is 0 Å². The molecule has 0 saturated carbocycles. The Balaban J connectivity index is 2.39. The Morgan fingerprint density at radius 1 is 1.04 bits per heavy atom. The monoisotopic (exact) mass is 374 g/mol. The SMILES string of the molecule is CCN(CC)C(=O)C1=C(C)NC(=S)N[C@H]1c1ccc(N(CC)CC)cc1. The van der Waals surface area contributed by atoms with Gasteiger partial charge in [0.15, 0.2) is 5.11 Å². The second kappa shape index (κ2) is 9.03. The summed E-state index contributed by atoms with van der Waals surface area (Å²) in [4.78, 5) is 17.2. The van der Waals surface area contributed by atoms with Crippen LogP contribution >= 0.6 is 12.2 Å². The number of carbonyl (C=O) groups excluding carboxylic acids is 1. The van der Waals surface area contributed by atoms with Crippen molar-refractivity contribution in [1.29, 1.82) is 0 Å². The molecule has 0 bridgehead atoms. The van der Waals surface area contributed by atoms with Crippen LogP contribution in [-0.2, 0) is 4.79 Å². The first kappa shape index (κ1) is 20.2. The molecule has 1 amide bonds. The summed E-state index contributed by atoms with van der Waals surface area (Å²) in [6.07, 6.45) is 0. The van der Waals surface area contributed by atoms with Gasteiger partial charge in [-0.25, -0.2) is 0 Å². The molecule has 2 N–H and O–H groups in total. The minimum absolute atomic E-state index is 0.0489. The number of thiocarbonyl (C=S) groups is 1. The Bertz CT molecular complexity index is 676. The molecule has 1 heterocycles. The predicted octanol–water partition coefficient (Wildman–Crippen LogP) is 3.19. The summed E-state index contributed by atoms with van der Waals surface area (Å²) in [5.41, 5.74) is 3.79. The summed E-state index contributed by atoms with van der Waals surface area (Å²) in [7, 11) is 0. The highest BCUT2D eigenvalue weighted by Gasteiger charge is 2.31. The number of carbonyl (C=O) groups is 1. The van der Waals surface area contributed by atoms with Gasteiger partial charge in [-0.05, 0) is 64.5 Å². The molecule has 0 spiro atoms. The third-order valence-corrected chi connectivity index (χ3v) is 5.13. The van der Waals surface area contributed by atoms with Crippen molar-refractivity contribution in [2.45, 2.75) is 40.7 Å². The lowest BCUT2D eigenvalue weighted by Gasteiger charge is -2.33. The predicted molar refractivity (Wildman–Crippen MR) is 112 cm³/mol. The van der Waals surface area contributed by atoms with Gasteiger partial charge in [-0.15, -0.1) is 0 Å². The van der Waals surface area contributed by atoms with Gasteiger partial charge < -0.3 is 20.4 Å². The van der Waals surface area contributed by atoms with Gasteiger partial charge in [-0.1, -0.05) is 12.1 Å². The van der Waals surface area contributed by atoms with Gasteiger partial charge in [0, 0.05) is 37.6 Å². The van der Waals surface area contributed by atoms with Gasteiger partial charge in [-0.3, -0.25) is 4.79 Å². The third kappa shape index (κ3) is 4.18. The molecule has 2 rings (SSSR count). The second-order valence-electron chi connectivity index (χ2n) is 6.31. The van der Waals surface area contributed by atoms with Gasteiger partial charge in [0.05, 0.1) is 11.6 Å². The Labute approximate surface area is 162 Å². The largest absolute Gasteiger partial charge is 0.372 e. The summed E-state index contributed by atoms with van der Waals surface area (Å²) >= 11 is 5.34. The third-order valence-electron chi connectivity index (χ3n) is 4.91. The van der Waals surface area contributed by atoms with Crippen LogP contribution in [0.4, 0.5) is 5.69 Å². The first-order valence-corrected chi connectivity index (χ1v) is 9.79. The van der Waals surface area contributed by atoms with Gasteiger partial charge in [0.25, 0.3) is 5.91 Å². The van der Waals surface area contributed by atoms with Crippen molar-refractivity contribution in [2.75, 3.05) is 31.1 Å². The molecule has 0 fully saturated rings. The Kier molecular flexibility index (Phi) is 7.03. The fourth-order valence-electron chi connectivity index (χ4n) is 3.37. The number of rotatable bonds is 7. The summed E-state index contributed by atoms with van der Waals surface area (Å²) in [6.45, 7) is 13.5. The maximum absolute atomic E-state index is 13.1. The second-order valence-corrected chi connectivity index (χ2v) is 6.72. The van der Waals surface area contributed by atoms with Crippen molar-refractivity contribution in [3.8, 4) is 0 Å². The fourth-order valence-corrected chi connectivity index (χ4v) is 3.65. The molecule has 0 aliphatic carbocycles. The summed E-state index contributed by atoms with van der Waals surface area (Å²) in [5, 5.41) is 6.93. The van der Waals surface area contributed by atoms with Crippen LogP contribution in [0.2, 0.25) is 0 Å². The van der Waals surface area contributed by atoms with Crippen LogP contribution in [0.25, 0.3) is 0 Å². The number of hydrogen-bond donors (Lipinski definition) is 2. The quantitative estimate of drug-likeness (QED) is 0.718. The minimum atomic E-state index is -0.234. The van der Waals surface area contributed by atoms with E-state index in [2.05, 4.69) is 53.6 Å². The van der Waals surface area contributed by atoms with E-state index in [-0.39, 0.29) is 11.9 Å². The van der Waals surface area contributed by atoms with E-state index in [1.165, 1.54) is 5.69 Å². The number of nitrogens with one attached hydrogen (secondary N) is 2. The Hall–Kier alpha value is -2.08. The highest BCUT2D eigenvalue weighted by Crippen LogP contribution is 2.29. The zero-order chi connectivity index (χ0) is 19.3. The van der Waals surface area contributed by atoms with E-state index in [1.807, 2.05) is 25.7 Å². The molecule has 0 unspecified atom stereocenters. The normalized spacial score (nSPS) is 16.8. The van der Waals surface area contributed by atoms with Gasteiger partial charge in [-0.2, -0.15) is 0 Å². The van der Waals surface area contributed by atoms with Gasteiger partial charge in [0.2, 0.25) is 0 Å². The number of hydrogen-bond acceptors (Lipinski definition) is 3. The highest BCUT2D eigenvalue weighted by molar-refractivity contribution is 7.80. The molecular formula is C20H30N4OS. The van der Waals surface area contributed by atoms with E-state index in [1.54, 1.807) is 0 Å². The number of amides is 1. The Morgan fingerprint density at radius 2 is 1.62 bits per heavy atom. The molecule has 0 radical (unpaired) electrons. The fraction of sp³-hybridized carbons (Fsp3) is 0.500. The molecule has 1 aliphatic rings. The Morgan fingerprint density at radius 3 is 2.12 bits per heavy atom. The zero-order valence-electron chi connectivity index (χ0n) is 16.4. The van der Waals surface area contributed by atoms with Crippen LogP contribution in [0.5, 0.6) is 0 Å².